The van der Waals surface area contributed by atoms with Crippen LogP contribution in [0.5, 0.6) is 11.5 Å². The zero-order valence-corrected chi connectivity index (χ0v) is 29.8. The number of hydrogen-bond acceptors (Lipinski definition) is 7. The third-order valence-corrected chi connectivity index (χ3v) is 14.3. The maximum absolute atomic E-state index is 12.6. The van der Waals surface area contributed by atoms with Gasteiger partial charge < -0.3 is 23.4 Å². The minimum Gasteiger partial charge on any atom is -0.497 e. The van der Waals surface area contributed by atoms with E-state index in [1.165, 1.54) is 4.40 Å². The molecule has 3 heterocycles. The molecular formula is C38H45N3O6Si. The number of nitrogens with zero attached hydrogens (tertiary/aromatic N) is 3. The SMILES string of the molecule is COc1ccc(C(OC[C@@H]2C[C@@H](O[Si](C)(C)C(C)(C)C)[C@H](n3ccc(=O)n4ccnc34)O2)(c2ccccc2)c2ccc(OC)cc2)cc1. The highest BCUT2D eigenvalue weighted by molar-refractivity contribution is 6.74. The van der Waals surface area contributed by atoms with E-state index in [9.17, 15) is 4.79 Å². The lowest BCUT2D eigenvalue weighted by molar-refractivity contribution is -0.0844. The fourth-order valence-corrected chi connectivity index (χ4v) is 7.49. The lowest BCUT2D eigenvalue weighted by atomic mass is 9.80. The van der Waals surface area contributed by atoms with Gasteiger partial charge in [0.05, 0.1) is 33.0 Å². The fraction of sp³-hybridized carbons (Fsp3) is 0.368. The molecule has 0 amide bonds. The van der Waals surface area contributed by atoms with Crippen molar-refractivity contribution in [3.63, 3.8) is 0 Å². The Hall–Kier alpha value is -4.22. The predicted octanol–water partition coefficient (Wildman–Crippen LogP) is 7.20. The van der Waals surface area contributed by atoms with E-state index in [4.69, 9.17) is 23.4 Å². The number of imidazole rings is 1. The van der Waals surface area contributed by atoms with Gasteiger partial charge in [-0.15, -0.1) is 0 Å². The van der Waals surface area contributed by atoms with Crippen molar-refractivity contribution in [2.75, 3.05) is 20.8 Å². The second kappa shape index (κ2) is 13.4. The Morgan fingerprint density at radius 3 is 1.98 bits per heavy atom. The summed E-state index contributed by atoms with van der Waals surface area (Å²) < 4.78 is 35.6. The highest BCUT2D eigenvalue weighted by Crippen LogP contribution is 2.45. The van der Waals surface area contributed by atoms with Crippen LogP contribution in [-0.2, 0) is 19.5 Å². The molecule has 3 atom stereocenters. The monoisotopic (exact) mass is 667 g/mol. The number of benzene rings is 3. The molecule has 0 spiro atoms. The predicted molar refractivity (Wildman–Crippen MR) is 188 cm³/mol. The normalized spacial score (nSPS) is 18.7. The lowest BCUT2D eigenvalue weighted by Crippen LogP contribution is -2.45. The Balaban J connectivity index is 1.41. The molecule has 48 heavy (non-hydrogen) atoms. The van der Waals surface area contributed by atoms with Gasteiger partial charge in [-0.05, 0) is 59.1 Å². The summed E-state index contributed by atoms with van der Waals surface area (Å²) in [5.74, 6) is 2.02. The Bertz CT molecular complexity index is 1830. The minimum atomic E-state index is -2.22. The van der Waals surface area contributed by atoms with Gasteiger partial charge in [0.1, 0.15) is 17.1 Å². The van der Waals surface area contributed by atoms with Crippen LogP contribution in [-0.4, -0.2) is 55.3 Å². The van der Waals surface area contributed by atoms with E-state index in [0.29, 0.717) is 12.2 Å². The largest absolute Gasteiger partial charge is 0.497 e. The summed E-state index contributed by atoms with van der Waals surface area (Å²) in [4.78, 5) is 17.1. The Morgan fingerprint density at radius 2 is 1.42 bits per heavy atom. The van der Waals surface area contributed by atoms with Crippen molar-refractivity contribution in [2.45, 2.75) is 69.4 Å². The smallest absolute Gasteiger partial charge is 0.258 e. The first-order chi connectivity index (χ1) is 23.0. The number of hydrogen-bond donors (Lipinski definition) is 0. The van der Waals surface area contributed by atoms with Gasteiger partial charge in [0.25, 0.3) is 5.56 Å². The van der Waals surface area contributed by atoms with Crippen molar-refractivity contribution in [1.29, 1.82) is 0 Å². The number of fused-ring (bicyclic) bond motifs is 1. The number of rotatable bonds is 11. The van der Waals surface area contributed by atoms with E-state index in [-0.39, 0.29) is 29.4 Å². The lowest BCUT2D eigenvalue weighted by Gasteiger charge is -2.39. The van der Waals surface area contributed by atoms with Gasteiger partial charge in [-0.1, -0.05) is 75.4 Å². The standard InChI is InChI=1S/C38H45N3O6Si/c1-37(2,3)48(6,7)47-33-25-32(46-35(33)41-23-21-34(42)40-24-22-39-36(40)41)26-45-38(27-11-9-8-10-12-27,28-13-17-30(43-4)18-14-28)29-15-19-31(44-5)20-16-29/h8-24,32-33,35H,25-26H2,1-7H3/t32-,33+,35+/m0/s1. The summed E-state index contributed by atoms with van der Waals surface area (Å²) in [6.45, 7) is 11.5. The molecule has 5 aromatic rings. The van der Waals surface area contributed by atoms with Crippen LogP contribution in [0.1, 0.15) is 50.1 Å². The molecule has 1 saturated heterocycles. The first-order valence-electron chi connectivity index (χ1n) is 16.3. The second-order valence-corrected chi connectivity index (χ2v) is 18.5. The summed E-state index contributed by atoms with van der Waals surface area (Å²) in [6, 6.07) is 27.8. The van der Waals surface area contributed by atoms with Gasteiger partial charge in [0.2, 0.25) is 5.78 Å². The van der Waals surface area contributed by atoms with Crippen molar-refractivity contribution >= 4 is 14.1 Å². The van der Waals surface area contributed by atoms with Crippen molar-refractivity contribution in [3.8, 4) is 11.5 Å². The zero-order valence-electron chi connectivity index (χ0n) is 28.8. The summed E-state index contributed by atoms with van der Waals surface area (Å²) in [5.41, 5.74) is 1.74. The zero-order chi connectivity index (χ0) is 34.1. The first-order valence-corrected chi connectivity index (χ1v) is 19.2. The van der Waals surface area contributed by atoms with Crippen molar-refractivity contribution < 1.29 is 23.4 Å². The topological polar surface area (TPSA) is 85.5 Å². The van der Waals surface area contributed by atoms with Gasteiger partial charge in [-0.2, -0.15) is 0 Å². The molecule has 252 valence electrons. The molecule has 0 radical (unpaired) electrons. The van der Waals surface area contributed by atoms with Gasteiger partial charge in [0.15, 0.2) is 14.5 Å². The van der Waals surface area contributed by atoms with E-state index in [1.54, 1.807) is 38.9 Å². The van der Waals surface area contributed by atoms with E-state index in [1.807, 2.05) is 71.3 Å². The van der Waals surface area contributed by atoms with Gasteiger partial charge in [-0.3, -0.25) is 13.8 Å². The molecule has 1 aliphatic rings. The average molecular weight is 668 g/mol. The fourth-order valence-electron chi connectivity index (χ4n) is 6.17. The molecule has 0 aliphatic carbocycles. The molecule has 10 heteroatoms. The van der Waals surface area contributed by atoms with Crippen LogP contribution in [0, 0.1) is 0 Å². The third-order valence-electron chi connectivity index (χ3n) is 9.80. The van der Waals surface area contributed by atoms with E-state index in [0.717, 1.165) is 28.2 Å². The van der Waals surface area contributed by atoms with Crippen LogP contribution >= 0.6 is 0 Å². The maximum atomic E-state index is 12.6. The van der Waals surface area contributed by atoms with E-state index >= 15 is 0 Å². The van der Waals surface area contributed by atoms with Crippen LogP contribution < -0.4 is 15.0 Å². The second-order valence-electron chi connectivity index (χ2n) is 13.8. The molecule has 3 aromatic carbocycles. The van der Waals surface area contributed by atoms with Crippen LogP contribution in [0.15, 0.2) is 108 Å². The maximum Gasteiger partial charge on any atom is 0.258 e. The summed E-state index contributed by atoms with van der Waals surface area (Å²) in [5, 5.41) is -0.0104. The van der Waals surface area contributed by atoms with Crippen molar-refractivity contribution in [2.24, 2.45) is 0 Å². The summed E-state index contributed by atoms with van der Waals surface area (Å²) >= 11 is 0. The molecule has 0 bridgehead atoms. The average Bonchev–Trinajstić information content (AvgIpc) is 3.74. The summed E-state index contributed by atoms with van der Waals surface area (Å²) in [7, 11) is 1.11. The van der Waals surface area contributed by atoms with Gasteiger partial charge >= 0.3 is 0 Å². The molecule has 1 aliphatic heterocycles. The molecule has 2 aromatic heterocycles. The Labute approximate surface area is 283 Å². The Kier molecular flexibility index (Phi) is 9.37. The molecule has 1 fully saturated rings. The highest BCUT2D eigenvalue weighted by atomic mass is 28.4. The number of methoxy groups -OCH3 is 2. The molecule has 6 rings (SSSR count). The number of ether oxygens (including phenoxy) is 4. The van der Waals surface area contributed by atoms with Gasteiger partial charge in [0, 0.05) is 31.1 Å². The minimum absolute atomic E-state index is 0.0104. The first kappa shape index (κ1) is 33.7. The number of aromatic nitrogens is 3. The highest BCUT2D eigenvalue weighted by Gasteiger charge is 2.47. The molecule has 9 nitrogen and oxygen atoms in total. The molecule has 0 saturated carbocycles. The van der Waals surface area contributed by atoms with E-state index < -0.39 is 20.1 Å². The molecule has 0 unspecified atom stereocenters. The van der Waals surface area contributed by atoms with Crippen LogP contribution in [0.3, 0.4) is 0 Å². The van der Waals surface area contributed by atoms with Crippen LogP contribution in [0.4, 0.5) is 0 Å². The van der Waals surface area contributed by atoms with Crippen molar-refractivity contribution in [1.82, 2.24) is 14.0 Å². The Morgan fingerprint density at radius 1 is 0.833 bits per heavy atom. The van der Waals surface area contributed by atoms with Crippen LogP contribution in [0.25, 0.3) is 5.78 Å². The van der Waals surface area contributed by atoms with Gasteiger partial charge in [-0.25, -0.2) is 4.98 Å². The van der Waals surface area contributed by atoms with Crippen molar-refractivity contribution in [3.05, 3.63) is 131 Å². The van der Waals surface area contributed by atoms with E-state index in [2.05, 4.69) is 51.0 Å². The van der Waals surface area contributed by atoms with Crippen LogP contribution in [0.2, 0.25) is 18.1 Å². The molecule has 0 N–H and O–H groups in total. The third kappa shape index (κ3) is 6.33. The summed E-state index contributed by atoms with van der Waals surface area (Å²) in [6.07, 6.45) is 4.55. The quantitative estimate of drug-likeness (QED) is 0.109. The molecular weight excluding hydrogens is 623 g/mol.